The van der Waals surface area contributed by atoms with Gasteiger partial charge in [-0.15, -0.1) is 0 Å². The van der Waals surface area contributed by atoms with Gasteiger partial charge in [0.05, 0.1) is 5.69 Å². The molecule has 5 heteroatoms. The number of carbonyl (C=O) groups is 3. The topological polar surface area (TPSA) is 54.5 Å². The SMILES string of the molecule is O=C(I)c1ccc(N2C(=O)C=CC2=O)cc1. The van der Waals surface area contributed by atoms with E-state index in [9.17, 15) is 14.4 Å². The summed E-state index contributed by atoms with van der Waals surface area (Å²) in [5, 5.41) is 0. The molecule has 80 valence electrons. The van der Waals surface area contributed by atoms with Crippen molar-refractivity contribution >= 4 is 43.9 Å². The van der Waals surface area contributed by atoms with Gasteiger partial charge in [0, 0.05) is 40.3 Å². The van der Waals surface area contributed by atoms with E-state index in [0.29, 0.717) is 11.3 Å². The van der Waals surface area contributed by atoms with E-state index in [1.165, 1.54) is 12.2 Å². The summed E-state index contributed by atoms with van der Waals surface area (Å²) in [5.74, 6) is -0.725. The zero-order valence-corrected chi connectivity index (χ0v) is 10.2. The van der Waals surface area contributed by atoms with Crippen molar-refractivity contribution in [3.8, 4) is 0 Å². The minimum Gasteiger partial charge on any atom is -0.282 e. The Balaban J connectivity index is 2.32. The van der Waals surface area contributed by atoms with Crippen LogP contribution in [0.2, 0.25) is 0 Å². The van der Waals surface area contributed by atoms with Crippen LogP contribution < -0.4 is 4.90 Å². The van der Waals surface area contributed by atoms with Crippen molar-refractivity contribution in [3.05, 3.63) is 42.0 Å². The Morgan fingerprint density at radius 1 is 1.00 bits per heavy atom. The van der Waals surface area contributed by atoms with Gasteiger partial charge in [-0.2, -0.15) is 0 Å². The molecular formula is C11H6INO3. The minimum atomic E-state index is -0.362. The second-order valence-corrected chi connectivity index (χ2v) is 4.15. The van der Waals surface area contributed by atoms with Gasteiger partial charge in [-0.3, -0.25) is 14.4 Å². The largest absolute Gasteiger partial charge is 0.282 e. The van der Waals surface area contributed by atoms with Crippen LogP contribution in [0.3, 0.4) is 0 Å². The normalized spacial score (nSPS) is 14.7. The van der Waals surface area contributed by atoms with Gasteiger partial charge < -0.3 is 0 Å². The summed E-state index contributed by atoms with van der Waals surface area (Å²) in [6.07, 6.45) is 2.44. The lowest BCUT2D eigenvalue weighted by molar-refractivity contribution is -0.119. The van der Waals surface area contributed by atoms with E-state index in [-0.39, 0.29) is 15.6 Å². The van der Waals surface area contributed by atoms with E-state index in [1.54, 1.807) is 46.9 Å². The lowest BCUT2D eigenvalue weighted by atomic mass is 10.2. The summed E-state index contributed by atoms with van der Waals surface area (Å²) in [5.41, 5.74) is 1.01. The Labute approximate surface area is 105 Å². The van der Waals surface area contributed by atoms with Gasteiger partial charge in [-0.25, -0.2) is 4.90 Å². The molecule has 2 amide bonds. The first-order chi connectivity index (χ1) is 7.59. The van der Waals surface area contributed by atoms with Gasteiger partial charge in [0.1, 0.15) is 0 Å². The second-order valence-electron chi connectivity index (χ2n) is 3.17. The summed E-state index contributed by atoms with van der Waals surface area (Å²) < 4.78 is -0.0821. The number of imide groups is 1. The number of nitrogens with zero attached hydrogens (tertiary/aromatic N) is 1. The molecular weight excluding hydrogens is 321 g/mol. The van der Waals surface area contributed by atoms with Crippen molar-refractivity contribution in [2.75, 3.05) is 4.90 Å². The number of anilines is 1. The summed E-state index contributed by atoms with van der Waals surface area (Å²) in [4.78, 5) is 34.8. The monoisotopic (exact) mass is 327 g/mol. The summed E-state index contributed by atoms with van der Waals surface area (Å²) >= 11 is 1.68. The fourth-order valence-electron chi connectivity index (χ4n) is 1.40. The molecule has 1 aromatic carbocycles. The van der Waals surface area contributed by atoms with Crippen LogP contribution in [0.15, 0.2) is 36.4 Å². The minimum absolute atomic E-state index is 0.0821. The van der Waals surface area contributed by atoms with Crippen molar-refractivity contribution in [1.82, 2.24) is 0 Å². The molecule has 1 aromatic rings. The first-order valence-corrected chi connectivity index (χ1v) is 5.53. The first-order valence-electron chi connectivity index (χ1n) is 4.45. The lowest BCUT2D eigenvalue weighted by Crippen LogP contribution is -2.29. The van der Waals surface area contributed by atoms with Gasteiger partial charge in [0.15, 0.2) is 0 Å². The molecule has 0 unspecified atom stereocenters. The van der Waals surface area contributed by atoms with Gasteiger partial charge in [-0.05, 0) is 24.3 Å². The maximum atomic E-state index is 11.4. The van der Waals surface area contributed by atoms with E-state index >= 15 is 0 Å². The predicted molar refractivity (Wildman–Crippen MR) is 66.4 cm³/mol. The summed E-state index contributed by atoms with van der Waals surface area (Å²) in [6, 6.07) is 6.33. The maximum absolute atomic E-state index is 11.4. The third-order valence-corrected chi connectivity index (χ3v) is 2.78. The van der Waals surface area contributed by atoms with Crippen molar-refractivity contribution in [1.29, 1.82) is 0 Å². The third kappa shape index (κ3) is 1.90. The van der Waals surface area contributed by atoms with Crippen molar-refractivity contribution < 1.29 is 14.4 Å². The molecule has 0 saturated carbocycles. The fourth-order valence-corrected chi connectivity index (χ4v) is 1.76. The number of hydrogen-bond donors (Lipinski definition) is 0. The maximum Gasteiger partial charge on any atom is 0.258 e. The van der Waals surface area contributed by atoms with Crippen molar-refractivity contribution in [2.24, 2.45) is 0 Å². The van der Waals surface area contributed by atoms with Crippen LogP contribution in [-0.4, -0.2) is 15.6 Å². The van der Waals surface area contributed by atoms with Crippen LogP contribution in [-0.2, 0) is 9.59 Å². The molecule has 0 radical (unpaired) electrons. The van der Waals surface area contributed by atoms with Crippen LogP contribution in [0.1, 0.15) is 10.4 Å². The molecule has 0 atom stereocenters. The average Bonchev–Trinajstić information content (AvgIpc) is 2.59. The molecule has 1 heterocycles. The Bertz CT molecular complexity index is 486. The smallest absolute Gasteiger partial charge is 0.258 e. The van der Waals surface area contributed by atoms with E-state index in [4.69, 9.17) is 0 Å². The quantitative estimate of drug-likeness (QED) is 0.472. The van der Waals surface area contributed by atoms with Crippen LogP contribution in [0.5, 0.6) is 0 Å². The molecule has 0 N–H and O–H groups in total. The Morgan fingerprint density at radius 2 is 1.50 bits per heavy atom. The third-order valence-electron chi connectivity index (χ3n) is 2.16. The Morgan fingerprint density at radius 3 is 1.94 bits per heavy atom. The van der Waals surface area contributed by atoms with Gasteiger partial charge >= 0.3 is 0 Å². The second kappa shape index (κ2) is 4.17. The Kier molecular flexibility index (Phi) is 2.86. The van der Waals surface area contributed by atoms with E-state index in [0.717, 1.165) is 4.90 Å². The van der Waals surface area contributed by atoms with Crippen molar-refractivity contribution in [3.63, 3.8) is 0 Å². The highest BCUT2D eigenvalue weighted by Crippen LogP contribution is 2.20. The van der Waals surface area contributed by atoms with Crippen LogP contribution >= 0.6 is 22.6 Å². The van der Waals surface area contributed by atoms with E-state index in [1.807, 2.05) is 0 Å². The van der Waals surface area contributed by atoms with Gasteiger partial charge in [0.2, 0.25) is 3.79 Å². The highest BCUT2D eigenvalue weighted by molar-refractivity contribution is 14.1. The fraction of sp³-hybridized carbons (Fsp3) is 0. The summed E-state index contributed by atoms with van der Waals surface area (Å²) in [6.45, 7) is 0. The first kappa shape index (κ1) is 11.0. The molecule has 0 bridgehead atoms. The number of rotatable bonds is 2. The molecule has 1 aliphatic rings. The molecule has 0 fully saturated rings. The highest BCUT2D eigenvalue weighted by Gasteiger charge is 2.24. The number of halogens is 1. The number of carbonyl (C=O) groups excluding carboxylic acids is 3. The Hall–Kier alpha value is -1.50. The molecule has 4 nitrogen and oxygen atoms in total. The summed E-state index contributed by atoms with van der Waals surface area (Å²) in [7, 11) is 0. The van der Waals surface area contributed by atoms with Gasteiger partial charge in [0.25, 0.3) is 11.8 Å². The van der Waals surface area contributed by atoms with Crippen LogP contribution in [0.25, 0.3) is 0 Å². The zero-order valence-electron chi connectivity index (χ0n) is 8.01. The predicted octanol–water partition coefficient (Wildman–Crippen LogP) is 1.69. The molecule has 0 spiro atoms. The van der Waals surface area contributed by atoms with Crippen molar-refractivity contribution in [2.45, 2.75) is 0 Å². The van der Waals surface area contributed by atoms with E-state index in [2.05, 4.69) is 0 Å². The number of amides is 2. The van der Waals surface area contributed by atoms with Gasteiger partial charge in [-0.1, -0.05) is 0 Å². The number of hydrogen-bond acceptors (Lipinski definition) is 3. The van der Waals surface area contributed by atoms with E-state index < -0.39 is 0 Å². The van der Waals surface area contributed by atoms with Crippen LogP contribution in [0, 0.1) is 0 Å². The lowest BCUT2D eigenvalue weighted by Gasteiger charge is -2.13. The standard InChI is InChI=1S/C11H6INO3/c12-11(16)7-1-3-8(4-2-7)13-9(14)5-6-10(13)15/h1-6H. The molecule has 0 aliphatic carbocycles. The highest BCUT2D eigenvalue weighted by atomic mass is 127. The zero-order chi connectivity index (χ0) is 11.7. The molecule has 16 heavy (non-hydrogen) atoms. The molecule has 0 aromatic heterocycles. The number of benzene rings is 1. The van der Waals surface area contributed by atoms with Crippen LogP contribution in [0.4, 0.5) is 5.69 Å². The molecule has 2 rings (SSSR count). The average molecular weight is 327 g/mol. The molecule has 1 aliphatic heterocycles. The molecule has 0 saturated heterocycles.